The molecule has 0 amide bonds. The van der Waals surface area contributed by atoms with Crippen molar-refractivity contribution in [3.8, 4) is 0 Å². The van der Waals surface area contributed by atoms with Gasteiger partial charge in [0, 0.05) is 30.7 Å². The fourth-order valence-corrected chi connectivity index (χ4v) is 3.70. The van der Waals surface area contributed by atoms with Gasteiger partial charge in [0.15, 0.2) is 0 Å². The topological polar surface area (TPSA) is 15.3 Å². The van der Waals surface area contributed by atoms with Crippen molar-refractivity contribution >= 4 is 0 Å². The number of rotatable bonds is 6. The zero-order valence-electron chi connectivity index (χ0n) is 12.9. The SMILES string of the molecule is CCCC(NC1CC(C)N(C2CC2)C1)c1ccccc1. The molecule has 110 valence electrons. The Balaban J connectivity index is 1.62. The molecule has 2 fully saturated rings. The van der Waals surface area contributed by atoms with E-state index in [1.54, 1.807) is 0 Å². The van der Waals surface area contributed by atoms with E-state index in [4.69, 9.17) is 0 Å². The lowest BCUT2D eigenvalue weighted by Gasteiger charge is -2.24. The van der Waals surface area contributed by atoms with Crippen LogP contribution < -0.4 is 5.32 Å². The molecule has 1 aromatic rings. The first-order valence-corrected chi connectivity index (χ1v) is 8.34. The maximum atomic E-state index is 3.93. The Hall–Kier alpha value is -0.860. The van der Waals surface area contributed by atoms with Gasteiger partial charge in [0.25, 0.3) is 0 Å². The number of nitrogens with zero attached hydrogens (tertiary/aromatic N) is 1. The summed E-state index contributed by atoms with van der Waals surface area (Å²) in [6.07, 6.45) is 6.63. The first-order valence-electron chi connectivity index (χ1n) is 8.34. The average molecular weight is 272 g/mol. The highest BCUT2D eigenvalue weighted by Gasteiger charge is 2.39. The molecule has 2 heteroatoms. The van der Waals surface area contributed by atoms with Gasteiger partial charge in [-0.2, -0.15) is 0 Å². The summed E-state index contributed by atoms with van der Waals surface area (Å²) in [5.74, 6) is 0. The van der Waals surface area contributed by atoms with E-state index in [0.717, 1.165) is 12.1 Å². The molecule has 0 aromatic heterocycles. The van der Waals surface area contributed by atoms with Crippen molar-refractivity contribution < 1.29 is 0 Å². The molecular weight excluding hydrogens is 244 g/mol. The van der Waals surface area contributed by atoms with Crippen LogP contribution in [0.2, 0.25) is 0 Å². The summed E-state index contributed by atoms with van der Waals surface area (Å²) < 4.78 is 0. The van der Waals surface area contributed by atoms with Crippen LogP contribution in [-0.4, -0.2) is 29.6 Å². The second kappa shape index (κ2) is 6.28. The summed E-state index contributed by atoms with van der Waals surface area (Å²) in [4.78, 5) is 2.73. The summed E-state index contributed by atoms with van der Waals surface area (Å²) in [7, 11) is 0. The Morgan fingerprint density at radius 3 is 2.65 bits per heavy atom. The van der Waals surface area contributed by atoms with E-state index in [2.05, 4.69) is 54.4 Å². The Kier molecular flexibility index (Phi) is 4.42. The molecule has 1 saturated heterocycles. The van der Waals surface area contributed by atoms with Crippen LogP contribution in [-0.2, 0) is 0 Å². The molecule has 1 aliphatic carbocycles. The Morgan fingerprint density at radius 2 is 2.00 bits per heavy atom. The van der Waals surface area contributed by atoms with E-state index in [0.29, 0.717) is 12.1 Å². The minimum absolute atomic E-state index is 0.526. The smallest absolute Gasteiger partial charge is 0.0323 e. The van der Waals surface area contributed by atoms with Crippen LogP contribution in [0.3, 0.4) is 0 Å². The molecule has 1 aromatic carbocycles. The quantitative estimate of drug-likeness (QED) is 0.848. The fraction of sp³-hybridized carbons (Fsp3) is 0.667. The Bertz CT molecular complexity index is 413. The molecule has 3 atom stereocenters. The molecule has 2 nitrogen and oxygen atoms in total. The zero-order valence-corrected chi connectivity index (χ0v) is 12.9. The molecule has 3 unspecified atom stereocenters. The molecule has 0 spiro atoms. The number of hydrogen-bond donors (Lipinski definition) is 1. The van der Waals surface area contributed by atoms with E-state index in [1.807, 2.05) is 0 Å². The van der Waals surface area contributed by atoms with Crippen LogP contribution in [0.4, 0.5) is 0 Å². The van der Waals surface area contributed by atoms with Gasteiger partial charge in [-0.15, -0.1) is 0 Å². The first-order chi connectivity index (χ1) is 9.78. The van der Waals surface area contributed by atoms with Crippen LogP contribution in [0.25, 0.3) is 0 Å². The van der Waals surface area contributed by atoms with Gasteiger partial charge in [-0.05, 0) is 38.2 Å². The van der Waals surface area contributed by atoms with Crippen molar-refractivity contribution in [2.24, 2.45) is 0 Å². The molecule has 3 rings (SSSR count). The maximum absolute atomic E-state index is 3.93. The summed E-state index contributed by atoms with van der Waals surface area (Å²) in [5.41, 5.74) is 1.45. The van der Waals surface area contributed by atoms with E-state index >= 15 is 0 Å². The highest BCUT2D eigenvalue weighted by molar-refractivity contribution is 5.19. The first kappa shape index (κ1) is 14.1. The molecular formula is C18H28N2. The third-order valence-electron chi connectivity index (χ3n) is 4.86. The molecule has 20 heavy (non-hydrogen) atoms. The lowest BCUT2D eigenvalue weighted by Crippen LogP contribution is -2.36. The minimum Gasteiger partial charge on any atom is -0.306 e. The van der Waals surface area contributed by atoms with E-state index < -0.39 is 0 Å². The summed E-state index contributed by atoms with van der Waals surface area (Å²) in [6, 6.07) is 13.8. The van der Waals surface area contributed by atoms with Crippen molar-refractivity contribution in [3.63, 3.8) is 0 Å². The van der Waals surface area contributed by atoms with Gasteiger partial charge in [0.1, 0.15) is 0 Å². The Morgan fingerprint density at radius 1 is 1.25 bits per heavy atom. The van der Waals surface area contributed by atoms with Crippen LogP contribution in [0.5, 0.6) is 0 Å². The monoisotopic (exact) mass is 272 g/mol. The normalized spacial score (nSPS) is 28.7. The van der Waals surface area contributed by atoms with Crippen molar-refractivity contribution in [1.29, 1.82) is 0 Å². The van der Waals surface area contributed by atoms with Crippen molar-refractivity contribution in [2.45, 2.75) is 70.1 Å². The average Bonchev–Trinajstić information content (AvgIpc) is 3.24. The zero-order chi connectivity index (χ0) is 13.9. The molecule has 2 aliphatic rings. The van der Waals surface area contributed by atoms with E-state index in [9.17, 15) is 0 Å². The van der Waals surface area contributed by atoms with Gasteiger partial charge in [-0.3, -0.25) is 4.90 Å². The lowest BCUT2D eigenvalue weighted by atomic mass is 10.0. The third-order valence-corrected chi connectivity index (χ3v) is 4.86. The number of hydrogen-bond acceptors (Lipinski definition) is 2. The van der Waals surface area contributed by atoms with Crippen molar-refractivity contribution in [3.05, 3.63) is 35.9 Å². The summed E-state index contributed by atoms with van der Waals surface area (Å²) >= 11 is 0. The highest BCUT2D eigenvalue weighted by atomic mass is 15.3. The van der Waals surface area contributed by atoms with E-state index in [1.165, 1.54) is 44.2 Å². The van der Waals surface area contributed by atoms with Crippen LogP contribution >= 0.6 is 0 Å². The van der Waals surface area contributed by atoms with Crippen LogP contribution in [0.1, 0.15) is 57.6 Å². The summed E-state index contributed by atoms with van der Waals surface area (Å²) in [5, 5.41) is 3.93. The van der Waals surface area contributed by atoms with Gasteiger partial charge in [-0.1, -0.05) is 43.7 Å². The molecule has 0 radical (unpaired) electrons. The summed E-state index contributed by atoms with van der Waals surface area (Å²) in [6.45, 7) is 5.93. The number of benzene rings is 1. The van der Waals surface area contributed by atoms with Gasteiger partial charge < -0.3 is 5.32 Å². The van der Waals surface area contributed by atoms with Gasteiger partial charge in [0.05, 0.1) is 0 Å². The third kappa shape index (κ3) is 3.24. The van der Waals surface area contributed by atoms with Crippen LogP contribution in [0.15, 0.2) is 30.3 Å². The second-order valence-electron chi connectivity index (χ2n) is 6.63. The van der Waals surface area contributed by atoms with Crippen molar-refractivity contribution in [1.82, 2.24) is 10.2 Å². The molecule has 1 saturated carbocycles. The minimum atomic E-state index is 0.526. The van der Waals surface area contributed by atoms with Crippen LogP contribution in [0, 0.1) is 0 Å². The van der Waals surface area contributed by atoms with Gasteiger partial charge >= 0.3 is 0 Å². The largest absolute Gasteiger partial charge is 0.306 e. The highest BCUT2D eigenvalue weighted by Crippen LogP contribution is 2.34. The molecule has 0 bridgehead atoms. The predicted molar refractivity (Wildman–Crippen MR) is 84.8 cm³/mol. The molecule has 1 heterocycles. The molecule has 1 aliphatic heterocycles. The number of likely N-dealkylation sites (tertiary alicyclic amines) is 1. The maximum Gasteiger partial charge on any atom is 0.0323 e. The van der Waals surface area contributed by atoms with Gasteiger partial charge in [-0.25, -0.2) is 0 Å². The predicted octanol–water partition coefficient (Wildman–Crippen LogP) is 3.74. The second-order valence-corrected chi connectivity index (χ2v) is 6.63. The fourth-order valence-electron chi connectivity index (χ4n) is 3.70. The lowest BCUT2D eigenvalue weighted by molar-refractivity contribution is 0.253. The van der Waals surface area contributed by atoms with Gasteiger partial charge in [0.2, 0.25) is 0 Å². The standard InChI is InChI=1S/C18H28N2/c1-3-7-18(15-8-5-4-6-9-15)19-16-12-14(2)20(13-16)17-10-11-17/h4-6,8-9,14,16-19H,3,7,10-13H2,1-2H3. The molecule has 1 N–H and O–H groups in total. The van der Waals surface area contributed by atoms with Crippen molar-refractivity contribution in [2.75, 3.05) is 6.54 Å². The Labute approximate surface area is 123 Å². The number of nitrogens with one attached hydrogen (secondary N) is 1. The van der Waals surface area contributed by atoms with E-state index in [-0.39, 0.29) is 0 Å².